The van der Waals surface area contributed by atoms with E-state index in [1.54, 1.807) is 0 Å². The number of likely N-dealkylation sites (N-methyl/N-ethyl adjacent to an activating group) is 1. The number of nitrogens with zero attached hydrogens (tertiary/aromatic N) is 3. The number of aromatic nitrogens is 2. The average molecular weight is 488 g/mol. The molecule has 0 atom stereocenters. The van der Waals surface area contributed by atoms with Crippen molar-refractivity contribution in [1.82, 2.24) is 14.5 Å². The maximum atomic E-state index is 13.3. The average Bonchev–Trinajstić information content (AvgIpc) is 2.72. The molecule has 1 aromatic heterocycles. The molecule has 0 bridgehead atoms. The van der Waals surface area contributed by atoms with Crippen LogP contribution in [-0.4, -0.2) is 53.0 Å². The number of nitrogens with one attached hydrogen (secondary N) is 1. The third kappa shape index (κ3) is 7.46. The molecule has 0 aliphatic heterocycles. The molecule has 0 aliphatic rings. The summed E-state index contributed by atoms with van der Waals surface area (Å²) < 4.78 is 6.88. The van der Waals surface area contributed by atoms with E-state index < -0.39 is 23.1 Å². The summed E-state index contributed by atoms with van der Waals surface area (Å²) in [4.78, 5) is 55.7. The number of rotatable bonds is 10. The van der Waals surface area contributed by atoms with Crippen LogP contribution in [0.2, 0.25) is 0 Å². The minimum absolute atomic E-state index is 0.00266. The maximum absolute atomic E-state index is 13.3. The van der Waals surface area contributed by atoms with Gasteiger partial charge in [-0.25, -0.2) is 4.79 Å². The lowest BCUT2D eigenvalue weighted by Gasteiger charge is -2.28. The van der Waals surface area contributed by atoms with Crippen molar-refractivity contribution in [2.45, 2.75) is 48.1 Å². The molecular formula is C25H37N5O5. The summed E-state index contributed by atoms with van der Waals surface area (Å²) >= 11 is 0. The van der Waals surface area contributed by atoms with E-state index in [9.17, 15) is 19.2 Å². The first-order valence-electron chi connectivity index (χ1n) is 11.7. The minimum atomic E-state index is -0.742. The number of amides is 2. The Morgan fingerprint density at radius 3 is 2.17 bits per heavy atom. The van der Waals surface area contributed by atoms with Crippen molar-refractivity contribution in [3.05, 3.63) is 50.2 Å². The predicted octanol–water partition coefficient (Wildman–Crippen LogP) is 1.92. The summed E-state index contributed by atoms with van der Waals surface area (Å²) in [5.41, 5.74) is 6.80. The van der Waals surface area contributed by atoms with Gasteiger partial charge in [-0.2, -0.15) is 0 Å². The number of benzene rings is 1. The number of hydrogen-bond acceptors (Lipinski definition) is 6. The number of H-pyrrole nitrogens is 1. The van der Waals surface area contributed by atoms with Crippen LogP contribution in [-0.2, 0) is 16.1 Å². The molecule has 3 N–H and O–H groups in total. The summed E-state index contributed by atoms with van der Waals surface area (Å²) in [6.07, 6.45) is 0. The van der Waals surface area contributed by atoms with Crippen molar-refractivity contribution in [2.24, 2.45) is 11.8 Å². The summed E-state index contributed by atoms with van der Waals surface area (Å²) in [7, 11) is 1.49. The van der Waals surface area contributed by atoms with E-state index >= 15 is 0 Å². The Morgan fingerprint density at radius 1 is 1.03 bits per heavy atom. The molecule has 1 heterocycles. The van der Waals surface area contributed by atoms with Gasteiger partial charge in [0, 0.05) is 20.1 Å². The SMILES string of the molecule is Cc1cc(C)cc(OCC(=O)N(C)CC(=O)N(CC(C)C)c2c(N)n(CC(C)C)c(=O)[nH]c2=O)c1. The van der Waals surface area contributed by atoms with Gasteiger partial charge in [0.15, 0.2) is 12.3 Å². The van der Waals surface area contributed by atoms with Gasteiger partial charge in [-0.3, -0.25) is 23.9 Å². The Labute approximate surface area is 205 Å². The van der Waals surface area contributed by atoms with Gasteiger partial charge in [0.2, 0.25) is 5.91 Å². The molecule has 0 saturated heterocycles. The van der Waals surface area contributed by atoms with Crippen LogP contribution in [0.5, 0.6) is 5.75 Å². The third-order valence-corrected chi connectivity index (χ3v) is 5.24. The van der Waals surface area contributed by atoms with E-state index in [1.807, 2.05) is 59.7 Å². The zero-order valence-electron chi connectivity index (χ0n) is 21.7. The topological polar surface area (TPSA) is 131 Å². The Balaban J connectivity index is 2.25. The molecule has 2 rings (SSSR count). The molecule has 0 unspecified atom stereocenters. The standard InChI is InChI=1S/C25H37N5O5/c1-15(2)11-29(22-23(26)30(12-16(3)4)25(34)27-24(22)33)20(31)13-28(7)21(32)14-35-19-9-17(5)8-18(6)10-19/h8-10,15-16H,11-14,26H2,1-7H3,(H,27,33,34). The number of aromatic amines is 1. The van der Waals surface area contributed by atoms with Gasteiger partial charge in [0.05, 0.1) is 6.54 Å². The molecule has 35 heavy (non-hydrogen) atoms. The molecular weight excluding hydrogens is 450 g/mol. The lowest BCUT2D eigenvalue weighted by Crippen LogP contribution is -2.47. The van der Waals surface area contributed by atoms with Crippen molar-refractivity contribution < 1.29 is 14.3 Å². The van der Waals surface area contributed by atoms with E-state index in [0.717, 1.165) is 11.1 Å². The molecule has 2 amide bonds. The molecule has 192 valence electrons. The van der Waals surface area contributed by atoms with Crippen molar-refractivity contribution in [3.8, 4) is 5.75 Å². The van der Waals surface area contributed by atoms with E-state index in [1.165, 1.54) is 21.4 Å². The zero-order chi connectivity index (χ0) is 26.4. The number of carbonyl (C=O) groups is 2. The van der Waals surface area contributed by atoms with Crippen LogP contribution in [0.4, 0.5) is 11.5 Å². The molecule has 10 heteroatoms. The van der Waals surface area contributed by atoms with Crippen LogP contribution < -0.4 is 26.6 Å². The first-order valence-corrected chi connectivity index (χ1v) is 11.7. The van der Waals surface area contributed by atoms with Gasteiger partial charge in [-0.05, 0) is 48.9 Å². The lowest BCUT2D eigenvalue weighted by molar-refractivity contribution is -0.135. The van der Waals surface area contributed by atoms with E-state index in [0.29, 0.717) is 5.75 Å². The molecule has 1 aromatic carbocycles. The van der Waals surface area contributed by atoms with Crippen molar-refractivity contribution in [1.29, 1.82) is 0 Å². The molecule has 0 radical (unpaired) electrons. The molecule has 0 aliphatic carbocycles. The fourth-order valence-electron chi connectivity index (χ4n) is 3.72. The van der Waals surface area contributed by atoms with Crippen molar-refractivity contribution >= 4 is 23.3 Å². The lowest BCUT2D eigenvalue weighted by atomic mass is 10.1. The Bertz CT molecular complexity index is 1160. The number of hydrogen-bond donors (Lipinski definition) is 2. The molecule has 0 fully saturated rings. The number of nitrogens with two attached hydrogens (primary N) is 1. The van der Waals surface area contributed by atoms with Crippen LogP contribution >= 0.6 is 0 Å². The van der Waals surface area contributed by atoms with Gasteiger partial charge >= 0.3 is 5.69 Å². The predicted molar refractivity (Wildman–Crippen MR) is 137 cm³/mol. The van der Waals surface area contributed by atoms with E-state index in [4.69, 9.17) is 10.5 Å². The smallest absolute Gasteiger partial charge is 0.330 e. The summed E-state index contributed by atoms with van der Waals surface area (Å²) in [5, 5.41) is 0. The van der Waals surface area contributed by atoms with Crippen LogP contribution in [0.1, 0.15) is 38.8 Å². The zero-order valence-corrected chi connectivity index (χ0v) is 21.7. The van der Waals surface area contributed by atoms with Crippen LogP contribution in [0.15, 0.2) is 27.8 Å². The van der Waals surface area contributed by atoms with Gasteiger partial charge < -0.3 is 20.3 Å². The highest BCUT2D eigenvalue weighted by atomic mass is 16.5. The van der Waals surface area contributed by atoms with E-state index in [-0.39, 0.29) is 49.6 Å². The second-order valence-corrected chi connectivity index (χ2v) is 9.76. The summed E-state index contributed by atoms with van der Waals surface area (Å²) in [6.45, 7) is 11.4. The second-order valence-electron chi connectivity index (χ2n) is 9.76. The highest BCUT2D eigenvalue weighted by Crippen LogP contribution is 2.20. The normalized spacial score (nSPS) is 11.1. The molecule has 10 nitrogen and oxygen atoms in total. The Hall–Kier alpha value is -3.56. The van der Waals surface area contributed by atoms with Crippen LogP contribution in [0, 0.1) is 25.7 Å². The minimum Gasteiger partial charge on any atom is -0.484 e. The largest absolute Gasteiger partial charge is 0.484 e. The quantitative estimate of drug-likeness (QED) is 0.526. The van der Waals surface area contributed by atoms with Gasteiger partial charge in [-0.15, -0.1) is 0 Å². The third-order valence-electron chi connectivity index (χ3n) is 5.24. The van der Waals surface area contributed by atoms with Crippen LogP contribution in [0.25, 0.3) is 0 Å². The Morgan fingerprint density at radius 2 is 1.63 bits per heavy atom. The molecule has 2 aromatic rings. The van der Waals surface area contributed by atoms with Gasteiger partial charge in [-0.1, -0.05) is 33.8 Å². The number of aryl methyl sites for hydroxylation is 2. The molecule has 0 spiro atoms. The van der Waals surface area contributed by atoms with Crippen molar-refractivity contribution in [2.75, 3.05) is 37.4 Å². The fraction of sp³-hybridized carbons (Fsp3) is 0.520. The highest BCUT2D eigenvalue weighted by Gasteiger charge is 2.27. The fourth-order valence-corrected chi connectivity index (χ4v) is 3.72. The van der Waals surface area contributed by atoms with E-state index in [2.05, 4.69) is 4.98 Å². The summed E-state index contributed by atoms with van der Waals surface area (Å²) in [6, 6.07) is 5.66. The number of carbonyl (C=O) groups excluding carboxylic acids is 2. The first kappa shape index (κ1) is 27.7. The van der Waals surface area contributed by atoms with Gasteiger partial charge in [0.1, 0.15) is 11.6 Å². The number of anilines is 2. The number of ether oxygens (including phenoxy) is 1. The van der Waals surface area contributed by atoms with Crippen LogP contribution in [0.3, 0.4) is 0 Å². The highest BCUT2D eigenvalue weighted by molar-refractivity contribution is 5.98. The van der Waals surface area contributed by atoms with Gasteiger partial charge in [0.25, 0.3) is 11.5 Å². The van der Waals surface area contributed by atoms with Crippen molar-refractivity contribution in [3.63, 3.8) is 0 Å². The molecule has 0 saturated carbocycles. The first-order chi connectivity index (χ1) is 16.3. The maximum Gasteiger partial charge on any atom is 0.330 e. The summed E-state index contributed by atoms with van der Waals surface area (Å²) in [5.74, 6) is -0.306. The number of nitrogen functional groups attached to an aromatic ring is 1. The second kappa shape index (κ2) is 11.7. The Kier molecular flexibility index (Phi) is 9.27. The monoisotopic (exact) mass is 487 g/mol.